The standard InChI is InChI=1S/2C6H15NO2.2C6H12O2/c2*1-5(8-3)7-6(2)9-4;2*1-2-3-4-5-6(7)8/h2*5-7H,1-4H3;2*2-5H2,1H3,(H,7,8). The third kappa shape index (κ3) is 44.4. The molecular formula is C24H54N2O8. The lowest BCUT2D eigenvalue weighted by Gasteiger charge is -2.16. The molecule has 0 saturated heterocycles. The van der Waals surface area contributed by atoms with Gasteiger partial charge in [-0.2, -0.15) is 0 Å². The fraction of sp³-hybridized carbons (Fsp3) is 0.917. The summed E-state index contributed by atoms with van der Waals surface area (Å²) >= 11 is 0. The molecule has 0 spiro atoms. The van der Waals surface area contributed by atoms with Crippen molar-refractivity contribution in [2.45, 2.75) is 118 Å². The van der Waals surface area contributed by atoms with E-state index in [1.165, 1.54) is 0 Å². The minimum Gasteiger partial charge on any atom is -0.481 e. The molecule has 0 aliphatic heterocycles. The Morgan fingerprint density at radius 1 is 0.588 bits per heavy atom. The molecule has 0 amide bonds. The smallest absolute Gasteiger partial charge is 0.303 e. The van der Waals surface area contributed by atoms with E-state index < -0.39 is 11.9 Å². The summed E-state index contributed by atoms with van der Waals surface area (Å²) in [5.41, 5.74) is 0. The highest BCUT2D eigenvalue weighted by molar-refractivity contribution is 5.66. The number of aliphatic carboxylic acids is 2. The highest BCUT2D eigenvalue weighted by Gasteiger charge is 2.02. The molecule has 0 aromatic heterocycles. The van der Waals surface area contributed by atoms with Crippen LogP contribution < -0.4 is 10.6 Å². The minimum absolute atomic E-state index is 0.0555. The molecule has 10 nitrogen and oxygen atoms in total. The van der Waals surface area contributed by atoms with Gasteiger partial charge >= 0.3 is 11.9 Å². The summed E-state index contributed by atoms with van der Waals surface area (Å²) in [6.07, 6.45) is 6.78. The number of hydrogen-bond acceptors (Lipinski definition) is 8. The van der Waals surface area contributed by atoms with Crippen molar-refractivity contribution in [3.05, 3.63) is 0 Å². The van der Waals surface area contributed by atoms with Crippen molar-refractivity contribution in [1.29, 1.82) is 0 Å². The SMILES string of the molecule is CCCCCC(=O)O.CCCCCC(=O)O.COC(C)NC(C)OC.COC(C)NC(C)OC. The van der Waals surface area contributed by atoms with E-state index >= 15 is 0 Å². The molecule has 0 aromatic carbocycles. The molecular weight excluding hydrogens is 444 g/mol. The second-order valence-corrected chi connectivity index (χ2v) is 7.55. The van der Waals surface area contributed by atoms with Crippen molar-refractivity contribution in [3.8, 4) is 0 Å². The van der Waals surface area contributed by atoms with Crippen LogP contribution in [-0.2, 0) is 28.5 Å². The summed E-state index contributed by atoms with van der Waals surface area (Å²) in [5.74, 6) is -1.36. The van der Waals surface area contributed by atoms with Crippen LogP contribution in [0.2, 0.25) is 0 Å². The highest BCUT2D eigenvalue weighted by Crippen LogP contribution is 1.98. The van der Waals surface area contributed by atoms with Crippen LogP contribution in [0.15, 0.2) is 0 Å². The Kier molecular flexibility index (Phi) is 37.2. The largest absolute Gasteiger partial charge is 0.481 e. The molecule has 34 heavy (non-hydrogen) atoms. The molecule has 0 aromatic rings. The second kappa shape index (κ2) is 31.7. The fourth-order valence-corrected chi connectivity index (χ4v) is 1.99. The minimum atomic E-state index is -0.682. The van der Waals surface area contributed by atoms with Gasteiger partial charge < -0.3 is 29.2 Å². The molecule has 0 saturated carbocycles. The van der Waals surface area contributed by atoms with Gasteiger partial charge in [0.05, 0.1) is 0 Å². The zero-order valence-corrected chi connectivity index (χ0v) is 23.3. The Morgan fingerprint density at radius 2 is 0.824 bits per heavy atom. The van der Waals surface area contributed by atoms with Crippen LogP contribution in [0.3, 0.4) is 0 Å². The summed E-state index contributed by atoms with van der Waals surface area (Å²) in [5, 5.41) is 22.3. The van der Waals surface area contributed by atoms with Crippen LogP contribution in [-0.4, -0.2) is 75.5 Å². The Balaban J connectivity index is -0.000000177. The number of unbranched alkanes of at least 4 members (excludes halogenated alkanes) is 4. The zero-order valence-electron chi connectivity index (χ0n) is 23.3. The predicted octanol–water partition coefficient (Wildman–Crippen LogP) is 4.42. The van der Waals surface area contributed by atoms with Gasteiger partial charge in [0.25, 0.3) is 0 Å². The summed E-state index contributed by atoms with van der Waals surface area (Å²) in [4.78, 5) is 19.7. The van der Waals surface area contributed by atoms with E-state index in [4.69, 9.17) is 29.2 Å². The average Bonchev–Trinajstić information content (AvgIpc) is 2.79. The number of carboxylic acids is 2. The first-order valence-corrected chi connectivity index (χ1v) is 12.0. The van der Waals surface area contributed by atoms with Crippen LogP contribution in [0.1, 0.15) is 92.9 Å². The van der Waals surface area contributed by atoms with Crippen LogP contribution in [0.25, 0.3) is 0 Å². The van der Waals surface area contributed by atoms with Gasteiger partial charge in [-0.3, -0.25) is 20.2 Å². The molecule has 0 heterocycles. The van der Waals surface area contributed by atoms with Gasteiger partial charge in [0.1, 0.15) is 24.9 Å². The van der Waals surface area contributed by atoms with Crippen molar-refractivity contribution in [2.75, 3.05) is 28.4 Å². The number of carbonyl (C=O) groups is 2. The maximum absolute atomic E-state index is 9.87. The van der Waals surface area contributed by atoms with Gasteiger partial charge in [-0.15, -0.1) is 0 Å². The van der Waals surface area contributed by atoms with E-state index in [1.807, 2.05) is 27.7 Å². The number of nitrogens with one attached hydrogen (secondary N) is 2. The van der Waals surface area contributed by atoms with Crippen molar-refractivity contribution < 1.29 is 38.7 Å². The van der Waals surface area contributed by atoms with E-state index in [1.54, 1.807) is 28.4 Å². The monoisotopic (exact) mass is 498 g/mol. The Labute approximate surface area is 208 Å². The molecule has 4 atom stereocenters. The summed E-state index contributed by atoms with van der Waals surface area (Å²) in [7, 11) is 6.61. The van der Waals surface area contributed by atoms with Crippen molar-refractivity contribution in [2.24, 2.45) is 0 Å². The molecule has 0 rings (SSSR count). The first-order chi connectivity index (χ1) is 15.9. The van der Waals surface area contributed by atoms with Crippen molar-refractivity contribution in [3.63, 3.8) is 0 Å². The van der Waals surface area contributed by atoms with Gasteiger partial charge in [-0.1, -0.05) is 39.5 Å². The molecule has 0 aliphatic carbocycles. The lowest BCUT2D eigenvalue weighted by Crippen LogP contribution is -2.36. The van der Waals surface area contributed by atoms with Crippen LogP contribution in [0.4, 0.5) is 0 Å². The van der Waals surface area contributed by atoms with E-state index in [0.29, 0.717) is 12.8 Å². The Morgan fingerprint density at radius 3 is 0.971 bits per heavy atom. The summed E-state index contributed by atoms with van der Waals surface area (Å²) in [6.45, 7) is 11.8. The molecule has 0 fully saturated rings. The quantitative estimate of drug-likeness (QED) is 0.179. The first kappa shape index (κ1) is 39.9. The maximum atomic E-state index is 9.87. The third-order valence-electron chi connectivity index (χ3n) is 4.34. The predicted molar refractivity (Wildman–Crippen MR) is 136 cm³/mol. The van der Waals surface area contributed by atoms with Crippen LogP contribution >= 0.6 is 0 Å². The third-order valence-corrected chi connectivity index (χ3v) is 4.34. The van der Waals surface area contributed by atoms with Gasteiger partial charge in [0.2, 0.25) is 0 Å². The van der Waals surface area contributed by atoms with E-state index in [-0.39, 0.29) is 24.9 Å². The average molecular weight is 499 g/mol. The highest BCUT2D eigenvalue weighted by atomic mass is 16.5. The maximum Gasteiger partial charge on any atom is 0.303 e. The molecule has 0 aliphatic rings. The van der Waals surface area contributed by atoms with E-state index in [2.05, 4.69) is 24.5 Å². The molecule has 10 heteroatoms. The zero-order chi connectivity index (χ0) is 27.4. The first-order valence-electron chi connectivity index (χ1n) is 12.0. The summed E-state index contributed by atoms with van der Waals surface area (Å²) in [6, 6.07) is 0. The van der Waals surface area contributed by atoms with E-state index in [0.717, 1.165) is 38.5 Å². The number of rotatable bonds is 16. The molecule has 0 radical (unpaired) electrons. The number of carboxylic acid groups (broad SMARTS) is 2. The Hall–Kier alpha value is -1.30. The molecule has 208 valence electrons. The molecule has 4 N–H and O–H groups in total. The van der Waals surface area contributed by atoms with Crippen molar-refractivity contribution in [1.82, 2.24) is 10.6 Å². The number of ether oxygens (including phenoxy) is 4. The molecule has 4 unspecified atom stereocenters. The van der Waals surface area contributed by atoms with Gasteiger partial charge in [-0.25, -0.2) is 0 Å². The second-order valence-electron chi connectivity index (χ2n) is 7.55. The number of methoxy groups -OCH3 is 4. The lowest BCUT2D eigenvalue weighted by atomic mass is 10.2. The van der Waals surface area contributed by atoms with Crippen LogP contribution in [0.5, 0.6) is 0 Å². The van der Waals surface area contributed by atoms with E-state index in [9.17, 15) is 9.59 Å². The Bertz CT molecular complexity index is 374. The number of hydrogen-bond donors (Lipinski definition) is 4. The summed E-state index contributed by atoms with van der Waals surface area (Å²) < 4.78 is 19.7. The van der Waals surface area contributed by atoms with Crippen molar-refractivity contribution >= 4 is 11.9 Å². The molecule has 0 bridgehead atoms. The van der Waals surface area contributed by atoms with Gasteiger partial charge in [0, 0.05) is 41.3 Å². The van der Waals surface area contributed by atoms with Crippen LogP contribution in [0, 0.1) is 0 Å². The lowest BCUT2D eigenvalue weighted by molar-refractivity contribution is -0.138. The van der Waals surface area contributed by atoms with Gasteiger partial charge in [-0.05, 0) is 40.5 Å². The fourth-order valence-electron chi connectivity index (χ4n) is 1.99. The van der Waals surface area contributed by atoms with Gasteiger partial charge in [0.15, 0.2) is 0 Å². The normalized spacial score (nSPS) is 13.5. The topological polar surface area (TPSA) is 136 Å².